The van der Waals surface area contributed by atoms with Crippen molar-refractivity contribution in [3.05, 3.63) is 60.4 Å². The number of hydrogen-bond acceptors (Lipinski definition) is 9. The van der Waals surface area contributed by atoms with Crippen LogP contribution in [0.1, 0.15) is 22.6 Å². The van der Waals surface area contributed by atoms with Crippen LogP contribution in [0.15, 0.2) is 49.1 Å². The molecule has 226 valence electrons. The quantitative estimate of drug-likeness (QED) is 0.222. The Labute approximate surface area is 244 Å². The molecule has 1 aromatic carbocycles. The van der Waals surface area contributed by atoms with E-state index in [1.165, 1.54) is 19.3 Å². The summed E-state index contributed by atoms with van der Waals surface area (Å²) in [5.41, 5.74) is 7.10. The highest BCUT2D eigenvalue weighted by molar-refractivity contribution is 6.05. The third-order valence-electron chi connectivity index (χ3n) is 7.11. The van der Waals surface area contributed by atoms with E-state index in [1.54, 1.807) is 24.3 Å². The summed E-state index contributed by atoms with van der Waals surface area (Å²) < 4.78 is 59.8. The van der Waals surface area contributed by atoms with Gasteiger partial charge in [-0.15, -0.1) is 13.2 Å². The summed E-state index contributed by atoms with van der Waals surface area (Å²) in [6.45, 7) is 0.159. The number of hydrogen-bond donors (Lipinski definition) is 1. The first kappa shape index (κ1) is 28.6. The molecule has 0 saturated carbocycles. The maximum Gasteiger partial charge on any atom is 0.492 e. The molecular weight excluding hydrogens is 590 g/mol. The molecule has 2 N–H and O–H groups in total. The van der Waals surface area contributed by atoms with Crippen molar-refractivity contribution in [2.24, 2.45) is 5.73 Å². The van der Waals surface area contributed by atoms with Crippen molar-refractivity contribution in [1.29, 1.82) is 0 Å². The van der Waals surface area contributed by atoms with Crippen LogP contribution in [0.3, 0.4) is 0 Å². The van der Waals surface area contributed by atoms with Crippen molar-refractivity contribution in [3.8, 4) is 11.1 Å². The standard InChI is InChI=1S/C26H21F4N11O3/c1-13-6-20(41-25(36-13)32-12-35-41)40(26(28,29)30)24(44)19-8-16(27)10-38(19)21(42)11-39-18-3-2-14(15-4-5-33-34-9-15)7-17(18)22(37-39)23(31)43/h2-7,9,12,16,19H,8,10-11H2,1H3,(H2,31,43)/t16-,19+/m1/s1. The summed E-state index contributed by atoms with van der Waals surface area (Å²) in [5.74, 6) is -4.29. The van der Waals surface area contributed by atoms with Gasteiger partial charge in [-0.2, -0.15) is 29.9 Å². The molecule has 44 heavy (non-hydrogen) atoms. The molecule has 5 heterocycles. The van der Waals surface area contributed by atoms with Gasteiger partial charge in [0.2, 0.25) is 5.91 Å². The number of primary amides is 1. The Kier molecular flexibility index (Phi) is 6.89. The van der Waals surface area contributed by atoms with Gasteiger partial charge in [-0.3, -0.25) is 19.1 Å². The molecule has 14 nitrogen and oxygen atoms in total. The summed E-state index contributed by atoms with van der Waals surface area (Å²) >= 11 is 0. The van der Waals surface area contributed by atoms with E-state index in [-0.39, 0.29) is 17.2 Å². The van der Waals surface area contributed by atoms with E-state index in [0.717, 1.165) is 26.5 Å². The highest BCUT2D eigenvalue weighted by Crippen LogP contribution is 2.33. The number of fused-ring (bicyclic) bond motifs is 2. The summed E-state index contributed by atoms with van der Waals surface area (Å²) in [6.07, 6.45) is -3.77. The molecule has 0 spiro atoms. The van der Waals surface area contributed by atoms with E-state index in [0.29, 0.717) is 22.0 Å². The first-order valence-corrected chi connectivity index (χ1v) is 13.0. The van der Waals surface area contributed by atoms with E-state index in [4.69, 9.17) is 5.73 Å². The lowest BCUT2D eigenvalue weighted by molar-refractivity contribution is -0.156. The molecule has 1 fully saturated rings. The van der Waals surface area contributed by atoms with Crippen LogP contribution in [0.4, 0.5) is 23.4 Å². The van der Waals surface area contributed by atoms with Crippen molar-refractivity contribution >= 4 is 40.2 Å². The predicted molar refractivity (Wildman–Crippen MR) is 143 cm³/mol. The molecule has 0 aliphatic carbocycles. The second-order valence-corrected chi connectivity index (χ2v) is 10.00. The fraction of sp³-hybridized carbons (Fsp3) is 0.269. The van der Waals surface area contributed by atoms with Crippen molar-refractivity contribution in [1.82, 2.24) is 44.5 Å². The molecule has 6 rings (SSSR count). The predicted octanol–water partition coefficient (Wildman–Crippen LogP) is 1.83. The van der Waals surface area contributed by atoms with E-state index in [1.807, 2.05) is 0 Å². The third kappa shape index (κ3) is 5.03. The molecule has 5 aromatic rings. The summed E-state index contributed by atoms with van der Waals surface area (Å²) in [6, 6.07) is 5.73. The average Bonchev–Trinajstić information content (AvgIpc) is 3.69. The van der Waals surface area contributed by atoms with E-state index in [9.17, 15) is 31.9 Å². The fourth-order valence-electron chi connectivity index (χ4n) is 5.22. The number of halogens is 4. The number of nitrogens with two attached hydrogens (primary N) is 1. The lowest BCUT2D eigenvalue weighted by Crippen LogP contribution is -2.54. The first-order chi connectivity index (χ1) is 20.9. The van der Waals surface area contributed by atoms with Gasteiger partial charge < -0.3 is 10.6 Å². The maximum atomic E-state index is 14.7. The maximum absolute atomic E-state index is 14.7. The number of likely N-dealkylation sites (tertiary alicyclic amines) is 1. The Bertz CT molecular complexity index is 1930. The van der Waals surface area contributed by atoms with Crippen LogP contribution in [0.2, 0.25) is 0 Å². The molecule has 3 amide bonds. The molecule has 1 aliphatic heterocycles. The number of aromatic nitrogens is 8. The molecule has 1 saturated heterocycles. The molecule has 2 atom stereocenters. The van der Waals surface area contributed by atoms with E-state index in [2.05, 4.69) is 30.4 Å². The second kappa shape index (κ2) is 10.6. The highest BCUT2D eigenvalue weighted by Gasteiger charge is 2.50. The van der Waals surface area contributed by atoms with Gasteiger partial charge in [-0.1, -0.05) is 6.07 Å². The number of alkyl halides is 4. The Morgan fingerprint density at radius 1 is 1.11 bits per heavy atom. The van der Waals surface area contributed by atoms with Crippen LogP contribution >= 0.6 is 0 Å². The monoisotopic (exact) mass is 611 g/mol. The molecule has 0 radical (unpaired) electrons. The van der Waals surface area contributed by atoms with Gasteiger partial charge >= 0.3 is 6.30 Å². The average molecular weight is 612 g/mol. The SMILES string of the molecule is Cc1cc(N(C(=O)[C@@H]2C[C@@H](F)CN2C(=O)Cn2nc(C(N)=O)c3cc(-c4ccnnc4)ccc32)C(F)(F)F)n2ncnc2n1. The number of amides is 3. The molecule has 0 unspecified atom stereocenters. The topological polar surface area (TPSA) is 170 Å². The van der Waals surface area contributed by atoms with Gasteiger partial charge in [0.05, 0.1) is 24.5 Å². The van der Waals surface area contributed by atoms with Crippen molar-refractivity contribution < 1.29 is 31.9 Å². The minimum atomic E-state index is -5.27. The lowest BCUT2D eigenvalue weighted by Gasteiger charge is -2.31. The molecular formula is C26H21F4N11O3. The van der Waals surface area contributed by atoms with Crippen LogP contribution < -0.4 is 10.6 Å². The fourth-order valence-corrected chi connectivity index (χ4v) is 5.22. The van der Waals surface area contributed by atoms with E-state index >= 15 is 0 Å². The largest absolute Gasteiger partial charge is 0.492 e. The van der Waals surface area contributed by atoms with Crippen LogP contribution in [-0.4, -0.2) is 87.2 Å². The Morgan fingerprint density at radius 3 is 2.61 bits per heavy atom. The zero-order chi connectivity index (χ0) is 31.3. The molecule has 4 aromatic heterocycles. The number of nitrogens with zero attached hydrogens (tertiary/aromatic N) is 10. The van der Waals surface area contributed by atoms with Crippen molar-refractivity contribution in [2.45, 2.75) is 38.4 Å². The second-order valence-electron chi connectivity index (χ2n) is 10.00. The first-order valence-electron chi connectivity index (χ1n) is 13.0. The lowest BCUT2D eigenvalue weighted by atomic mass is 10.0. The third-order valence-corrected chi connectivity index (χ3v) is 7.11. The van der Waals surface area contributed by atoms with Crippen molar-refractivity contribution in [2.75, 3.05) is 11.4 Å². The van der Waals surface area contributed by atoms with Crippen molar-refractivity contribution in [3.63, 3.8) is 0 Å². The van der Waals surface area contributed by atoms with Gasteiger partial charge in [-0.05, 0) is 30.7 Å². The Balaban J connectivity index is 1.34. The normalized spacial score (nSPS) is 17.0. The van der Waals surface area contributed by atoms with Crippen LogP contribution in [0, 0.1) is 6.92 Å². The van der Waals surface area contributed by atoms with Gasteiger partial charge in [0, 0.05) is 29.1 Å². The van der Waals surface area contributed by atoms with Gasteiger partial charge in [0.25, 0.3) is 17.6 Å². The highest BCUT2D eigenvalue weighted by atomic mass is 19.4. The van der Waals surface area contributed by atoms with Gasteiger partial charge in [0.1, 0.15) is 30.9 Å². The van der Waals surface area contributed by atoms with Crippen LogP contribution in [0.5, 0.6) is 0 Å². The molecule has 0 bridgehead atoms. The summed E-state index contributed by atoms with van der Waals surface area (Å²) in [5, 5.41) is 15.7. The summed E-state index contributed by atoms with van der Waals surface area (Å²) in [7, 11) is 0. The Hall–Kier alpha value is -5.55. The Morgan fingerprint density at radius 2 is 1.91 bits per heavy atom. The van der Waals surface area contributed by atoms with Gasteiger partial charge in [0.15, 0.2) is 5.69 Å². The number of rotatable bonds is 6. The number of benzene rings is 1. The minimum Gasteiger partial charge on any atom is -0.364 e. The summed E-state index contributed by atoms with van der Waals surface area (Å²) in [4.78, 5) is 47.3. The molecule has 1 aliphatic rings. The van der Waals surface area contributed by atoms with Gasteiger partial charge in [-0.25, -0.2) is 14.3 Å². The zero-order valence-corrected chi connectivity index (χ0v) is 22.7. The smallest absolute Gasteiger partial charge is 0.364 e. The zero-order valence-electron chi connectivity index (χ0n) is 22.7. The number of carbonyl (C=O) groups is 3. The number of aryl methyl sites for hydroxylation is 1. The molecule has 18 heteroatoms. The number of anilines is 1. The number of carbonyl (C=O) groups excluding carboxylic acids is 3. The van der Waals surface area contributed by atoms with Crippen LogP contribution in [-0.2, 0) is 16.1 Å². The minimum absolute atomic E-state index is 0.115. The van der Waals surface area contributed by atoms with Crippen LogP contribution in [0.25, 0.3) is 27.8 Å². The van der Waals surface area contributed by atoms with E-state index < -0.39 is 66.5 Å².